The van der Waals surface area contributed by atoms with Crippen molar-refractivity contribution < 1.29 is 4.74 Å². The Kier molecular flexibility index (Phi) is 7.18. The third-order valence-corrected chi connectivity index (χ3v) is 10.2. The van der Waals surface area contributed by atoms with Crippen LogP contribution in [-0.2, 0) is 0 Å². The second-order valence-corrected chi connectivity index (χ2v) is 13.3. The van der Waals surface area contributed by atoms with Gasteiger partial charge >= 0.3 is 0 Å². The maximum absolute atomic E-state index is 6.34. The second-order valence-electron chi connectivity index (χ2n) is 13.3. The van der Waals surface area contributed by atoms with E-state index in [0.717, 1.165) is 45.1 Å². The Bertz CT molecular complexity index is 2760. The first-order valence-corrected chi connectivity index (χ1v) is 17.8. The van der Waals surface area contributed by atoms with Gasteiger partial charge in [0.1, 0.15) is 11.5 Å². The molecule has 1 aliphatic rings. The number of para-hydroxylation sites is 3. The topological polar surface area (TPSA) is 12.5 Å². The number of benzene rings is 9. The van der Waals surface area contributed by atoms with E-state index in [1.54, 1.807) is 0 Å². The molecule has 0 fully saturated rings. The van der Waals surface area contributed by atoms with E-state index in [-0.39, 0.29) is 0 Å². The number of nitrogens with zero attached hydrogens (tertiary/aromatic N) is 1. The molecule has 10 rings (SSSR count). The van der Waals surface area contributed by atoms with Crippen LogP contribution in [0.5, 0.6) is 11.5 Å². The van der Waals surface area contributed by atoms with E-state index in [1.165, 1.54) is 49.5 Å². The highest BCUT2D eigenvalue weighted by atomic mass is 16.5. The second kappa shape index (κ2) is 12.5. The molecule has 0 saturated carbocycles. The minimum atomic E-state index is 0.893. The molecule has 0 N–H and O–H groups in total. The molecular weight excluding hydrogens is 631 g/mol. The predicted molar refractivity (Wildman–Crippen MR) is 218 cm³/mol. The first-order valence-electron chi connectivity index (χ1n) is 17.8. The average Bonchev–Trinajstić information content (AvgIpc) is 3.21. The van der Waals surface area contributed by atoms with E-state index in [0.29, 0.717) is 0 Å². The zero-order chi connectivity index (χ0) is 34.4. The fraction of sp³-hybridized carbons (Fsp3) is 0. The van der Waals surface area contributed by atoms with E-state index < -0.39 is 0 Å². The molecule has 0 atom stereocenters. The molecule has 0 aliphatic carbocycles. The smallest absolute Gasteiger partial charge is 0.135 e. The zero-order valence-electron chi connectivity index (χ0n) is 28.4. The molecular formula is C50H33NO. The molecule has 2 heteroatoms. The SMILES string of the molecule is c1ccc(-c2cccc3cccc(-c4ccccc4N(c4ccccc4)c4cccc(-c5cc6c7c(cccc7c5)Oc5ccccc5-6)c4)c23)cc1. The van der Waals surface area contributed by atoms with Gasteiger partial charge in [0.2, 0.25) is 0 Å². The van der Waals surface area contributed by atoms with Crippen molar-refractivity contribution in [2.24, 2.45) is 0 Å². The normalized spacial score (nSPS) is 11.6. The van der Waals surface area contributed by atoms with Crippen molar-refractivity contribution in [3.63, 3.8) is 0 Å². The monoisotopic (exact) mass is 663 g/mol. The lowest BCUT2D eigenvalue weighted by atomic mass is 9.90. The van der Waals surface area contributed by atoms with Gasteiger partial charge in [0, 0.05) is 27.9 Å². The van der Waals surface area contributed by atoms with Gasteiger partial charge in [0.15, 0.2) is 0 Å². The third kappa shape index (κ3) is 5.04. The number of hydrogen-bond donors (Lipinski definition) is 0. The lowest BCUT2D eigenvalue weighted by Crippen LogP contribution is -2.11. The van der Waals surface area contributed by atoms with Gasteiger partial charge in [-0.25, -0.2) is 0 Å². The molecule has 1 heterocycles. The summed E-state index contributed by atoms with van der Waals surface area (Å²) in [6.07, 6.45) is 0. The van der Waals surface area contributed by atoms with Crippen molar-refractivity contribution in [3.05, 3.63) is 200 Å². The van der Waals surface area contributed by atoms with Crippen LogP contribution >= 0.6 is 0 Å². The summed E-state index contributed by atoms with van der Waals surface area (Å²) >= 11 is 0. The molecule has 0 bridgehead atoms. The number of anilines is 3. The summed E-state index contributed by atoms with van der Waals surface area (Å²) in [6.45, 7) is 0. The molecule has 244 valence electrons. The van der Waals surface area contributed by atoms with E-state index >= 15 is 0 Å². The van der Waals surface area contributed by atoms with Crippen molar-refractivity contribution in [2.75, 3.05) is 4.90 Å². The van der Waals surface area contributed by atoms with Crippen LogP contribution in [0.25, 0.3) is 66.1 Å². The third-order valence-electron chi connectivity index (χ3n) is 10.2. The van der Waals surface area contributed by atoms with Gasteiger partial charge in [-0.05, 0) is 104 Å². The van der Waals surface area contributed by atoms with Gasteiger partial charge in [-0.15, -0.1) is 0 Å². The van der Waals surface area contributed by atoms with Crippen LogP contribution in [0.3, 0.4) is 0 Å². The Labute approximate surface area is 303 Å². The minimum absolute atomic E-state index is 0.893. The Balaban J connectivity index is 1.17. The van der Waals surface area contributed by atoms with Crippen LogP contribution in [0.4, 0.5) is 17.1 Å². The van der Waals surface area contributed by atoms with Crippen molar-refractivity contribution in [1.82, 2.24) is 0 Å². The highest BCUT2D eigenvalue weighted by Gasteiger charge is 2.22. The summed E-state index contributed by atoms with van der Waals surface area (Å²) in [4.78, 5) is 2.40. The molecule has 9 aromatic rings. The fourth-order valence-electron chi connectivity index (χ4n) is 7.90. The van der Waals surface area contributed by atoms with Crippen LogP contribution in [0.15, 0.2) is 200 Å². The van der Waals surface area contributed by atoms with Crippen molar-refractivity contribution >= 4 is 38.6 Å². The van der Waals surface area contributed by atoms with Gasteiger partial charge in [-0.2, -0.15) is 0 Å². The Hall–Kier alpha value is -6.90. The lowest BCUT2D eigenvalue weighted by molar-refractivity contribution is 0.487. The minimum Gasteiger partial charge on any atom is -0.456 e. The Morgan fingerprint density at radius 3 is 1.75 bits per heavy atom. The quantitative estimate of drug-likeness (QED) is 0.176. The molecule has 9 aromatic carbocycles. The molecule has 0 amide bonds. The maximum atomic E-state index is 6.34. The van der Waals surface area contributed by atoms with E-state index in [1.807, 2.05) is 6.07 Å². The molecule has 2 nitrogen and oxygen atoms in total. The highest BCUT2D eigenvalue weighted by molar-refractivity contribution is 6.09. The molecule has 0 radical (unpaired) electrons. The summed E-state index contributed by atoms with van der Waals surface area (Å²) in [5, 5.41) is 4.79. The molecule has 1 aliphatic heterocycles. The van der Waals surface area contributed by atoms with Crippen molar-refractivity contribution in [3.8, 4) is 56.0 Å². The first kappa shape index (κ1) is 30.0. The van der Waals surface area contributed by atoms with Gasteiger partial charge < -0.3 is 9.64 Å². The van der Waals surface area contributed by atoms with Crippen LogP contribution in [0.2, 0.25) is 0 Å². The summed E-state index contributed by atoms with van der Waals surface area (Å²) in [6, 6.07) is 71.7. The van der Waals surface area contributed by atoms with Gasteiger partial charge in [0.25, 0.3) is 0 Å². The summed E-state index contributed by atoms with van der Waals surface area (Å²) in [7, 11) is 0. The van der Waals surface area contributed by atoms with Gasteiger partial charge in [0.05, 0.1) is 5.69 Å². The average molecular weight is 664 g/mol. The summed E-state index contributed by atoms with van der Waals surface area (Å²) < 4.78 is 6.34. The van der Waals surface area contributed by atoms with E-state index in [9.17, 15) is 0 Å². The molecule has 0 saturated heterocycles. The van der Waals surface area contributed by atoms with Crippen molar-refractivity contribution in [1.29, 1.82) is 0 Å². The van der Waals surface area contributed by atoms with Gasteiger partial charge in [-0.1, -0.05) is 146 Å². The fourth-order valence-corrected chi connectivity index (χ4v) is 7.90. The first-order chi connectivity index (χ1) is 25.8. The Morgan fingerprint density at radius 2 is 0.904 bits per heavy atom. The summed E-state index contributed by atoms with van der Waals surface area (Å²) in [5.41, 5.74) is 12.8. The largest absolute Gasteiger partial charge is 0.456 e. The number of fused-ring (bicyclic) bond motifs is 3. The van der Waals surface area contributed by atoms with Gasteiger partial charge in [-0.3, -0.25) is 0 Å². The van der Waals surface area contributed by atoms with Crippen LogP contribution in [0, 0.1) is 0 Å². The highest BCUT2D eigenvalue weighted by Crippen LogP contribution is 2.49. The van der Waals surface area contributed by atoms with E-state index in [4.69, 9.17) is 4.74 Å². The lowest BCUT2D eigenvalue weighted by Gasteiger charge is -2.29. The number of ether oxygens (including phenoxy) is 1. The molecule has 0 unspecified atom stereocenters. The van der Waals surface area contributed by atoms with Crippen LogP contribution in [-0.4, -0.2) is 0 Å². The number of rotatable bonds is 6. The molecule has 52 heavy (non-hydrogen) atoms. The van der Waals surface area contributed by atoms with Crippen LogP contribution < -0.4 is 9.64 Å². The molecule has 0 aromatic heterocycles. The van der Waals surface area contributed by atoms with Crippen LogP contribution in [0.1, 0.15) is 0 Å². The number of hydrogen-bond acceptors (Lipinski definition) is 2. The maximum Gasteiger partial charge on any atom is 0.135 e. The standard InChI is InChI=1S/C50H33NO/c1-3-15-34(16-4-1)41-26-12-17-35-18-13-27-44(49(35)41)42-24-7-9-28-46(42)51(39-21-5-2-6-22-39)40-23-11-19-36(32-40)38-31-37-20-14-30-48-50(37)45(33-38)43-25-8-10-29-47(43)52-48/h1-33H. The predicted octanol–water partition coefficient (Wildman–Crippen LogP) is 14.2. The van der Waals surface area contributed by atoms with E-state index in [2.05, 4.69) is 199 Å². The zero-order valence-corrected chi connectivity index (χ0v) is 28.4. The Morgan fingerprint density at radius 1 is 0.308 bits per heavy atom. The van der Waals surface area contributed by atoms with Crippen molar-refractivity contribution in [2.45, 2.75) is 0 Å². The molecule has 0 spiro atoms. The summed E-state index contributed by atoms with van der Waals surface area (Å²) in [5.74, 6) is 1.80.